The highest BCUT2D eigenvalue weighted by Crippen LogP contribution is 2.44. The van der Waals surface area contributed by atoms with Crippen LogP contribution >= 0.6 is 0 Å². The Morgan fingerprint density at radius 3 is 1.97 bits per heavy atom. The first-order valence-electron chi connectivity index (χ1n) is 8.92. The third-order valence-corrected chi connectivity index (χ3v) is 4.50. The Morgan fingerprint density at radius 1 is 0.806 bits per heavy atom. The Labute approximate surface area is 173 Å². The molecule has 3 N–H and O–H groups in total. The van der Waals surface area contributed by atoms with Crippen molar-refractivity contribution in [1.82, 2.24) is 0 Å². The van der Waals surface area contributed by atoms with Crippen molar-refractivity contribution in [3.05, 3.63) is 82.9 Å². The molecule has 9 heteroatoms. The van der Waals surface area contributed by atoms with Crippen molar-refractivity contribution < 1.29 is 31.1 Å². The highest BCUT2D eigenvalue weighted by atomic mass is 19.4. The van der Waals surface area contributed by atoms with Crippen molar-refractivity contribution in [2.45, 2.75) is 19.3 Å². The van der Waals surface area contributed by atoms with E-state index in [4.69, 9.17) is 5.73 Å². The summed E-state index contributed by atoms with van der Waals surface area (Å²) in [7, 11) is 0. The molecule has 0 aromatic heterocycles. The molecule has 3 rings (SSSR count). The summed E-state index contributed by atoms with van der Waals surface area (Å²) in [6, 6.07) is 11.6. The largest absolute Gasteiger partial charge is 0.417 e. The van der Waals surface area contributed by atoms with Gasteiger partial charge in [-0.25, -0.2) is 0 Å². The maximum absolute atomic E-state index is 13.7. The number of carbonyl (C=O) groups is 1. The van der Waals surface area contributed by atoms with E-state index in [2.05, 4.69) is 5.32 Å². The number of hydrogen-bond acceptors (Lipinski definition) is 2. The number of benzene rings is 3. The number of hydrogen-bond donors (Lipinski definition) is 2. The fourth-order valence-electron chi connectivity index (χ4n) is 3.11. The van der Waals surface area contributed by atoms with E-state index in [1.165, 1.54) is 6.07 Å². The van der Waals surface area contributed by atoms with Crippen LogP contribution in [0.4, 0.5) is 37.7 Å². The van der Waals surface area contributed by atoms with E-state index in [9.17, 15) is 31.1 Å². The van der Waals surface area contributed by atoms with Gasteiger partial charge in [-0.1, -0.05) is 29.8 Å². The van der Waals surface area contributed by atoms with Gasteiger partial charge in [0.2, 0.25) is 0 Å². The standard InChI is InChI=1S/C22H16F6N2O/c1-12-3-2-4-13(9-12)20(31)30-15-6-8-17(19(11-15)22(26,27)28)16-7-5-14(29)10-18(16)21(23,24)25/h2-11H,29H2,1H3,(H,30,31). The molecular formula is C22H16F6N2O. The van der Waals surface area contributed by atoms with E-state index in [1.807, 2.05) is 0 Å². The highest BCUT2D eigenvalue weighted by Gasteiger charge is 2.38. The zero-order valence-corrected chi connectivity index (χ0v) is 16.0. The molecule has 31 heavy (non-hydrogen) atoms. The molecule has 0 aliphatic carbocycles. The number of halogens is 6. The molecule has 0 aliphatic rings. The number of nitrogens with one attached hydrogen (secondary N) is 1. The van der Waals surface area contributed by atoms with Gasteiger partial charge in [-0.05, 0) is 54.4 Å². The van der Waals surface area contributed by atoms with Crippen molar-refractivity contribution in [3.63, 3.8) is 0 Å². The Balaban J connectivity index is 2.08. The molecule has 3 aromatic rings. The Hall–Kier alpha value is -3.49. The fraction of sp³-hybridized carbons (Fsp3) is 0.136. The lowest BCUT2D eigenvalue weighted by molar-refractivity contribution is -0.139. The predicted molar refractivity (Wildman–Crippen MR) is 105 cm³/mol. The third-order valence-electron chi connectivity index (χ3n) is 4.50. The van der Waals surface area contributed by atoms with E-state index in [-0.39, 0.29) is 16.9 Å². The first-order valence-corrected chi connectivity index (χ1v) is 8.92. The number of nitrogen functional groups attached to an aromatic ring is 1. The minimum atomic E-state index is -4.97. The van der Waals surface area contributed by atoms with Gasteiger partial charge in [0.1, 0.15) is 0 Å². The number of anilines is 2. The maximum atomic E-state index is 13.7. The third kappa shape index (κ3) is 4.99. The number of nitrogens with two attached hydrogens (primary N) is 1. The number of rotatable bonds is 3. The van der Waals surface area contributed by atoms with Gasteiger partial charge >= 0.3 is 12.4 Å². The molecule has 0 radical (unpaired) electrons. The molecular weight excluding hydrogens is 422 g/mol. The van der Waals surface area contributed by atoms with Crippen LogP contribution in [-0.4, -0.2) is 5.91 Å². The summed E-state index contributed by atoms with van der Waals surface area (Å²) in [5.74, 6) is -0.645. The van der Waals surface area contributed by atoms with E-state index >= 15 is 0 Å². The summed E-state index contributed by atoms with van der Waals surface area (Å²) in [5, 5.41) is 2.35. The van der Waals surface area contributed by atoms with Gasteiger partial charge in [0.05, 0.1) is 11.1 Å². The van der Waals surface area contributed by atoms with Crippen molar-refractivity contribution in [2.75, 3.05) is 11.1 Å². The molecule has 0 heterocycles. The minimum absolute atomic E-state index is 0.202. The van der Waals surface area contributed by atoms with Crippen LogP contribution in [0.3, 0.4) is 0 Å². The summed E-state index contributed by atoms with van der Waals surface area (Å²) in [6.07, 6.45) is -9.88. The lowest BCUT2D eigenvalue weighted by Gasteiger charge is -2.19. The van der Waals surface area contributed by atoms with E-state index in [0.29, 0.717) is 12.1 Å². The van der Waals surface area contributed by atoms with Crippen LogP contribution in [0.15, 0.2) is 60.7 Å². The van der Waals surface area contributed by atoms with E-state index in [1.54, 1.807) is 25.1 Å². The normalized spacial score (nSPS) is 12.0. The summed E-state index contributed by atoms with van der Waals surface area (Å²) < 4.78 is 81.4. The van der Waals surface area contributed by atoms with Crippen LogP contribution in [0.2, 0.25) is 0 Å². The van der Waals surface area contributed by atoms with Crippen LogP contribution < -0.4 is 11.1 Å². The molecule has 0 saturated heterocycles. The van der Waals surface area contributed by atoms with E-state index < -0.39 is 40.5 Å². The number of carbonyl (C=O) groups excluding carboxylic acids is 1. The maximum Gasteiger partial charge on any atom is 0.417 e. The Kier molecular flexibility index (Phi) is 5.71. The molecule has 162 valence electrons. The highest BCUT2D eigenvalue weighted by molar-refractivity contribution is 6.04. The van der Waals surface area contributed by atoms with Crippen LogP contribution in [0.5, 0.6) is 0 Å². The van der Waals surface area contributed by atoms with Gasteiger partial charge in [-0.2, -0.15) is 26.3 Å². The summed E-state index contributed by atoms with van der Waals surface area (Å²) >= 11 is 0. The Morgan fingerprint density at radius 2 is 1.39 bits per heavy atom. The van der Waals surface area contributed by atoms with Crippen LogP contribution in [-0.2, 0) is 12.4 Å². The van der Waals surface area contributed by atoms with Gasteiger partial charge < -0.3 is 11.1 Å². The molecule has 0 spiro atoms. The molecule has 0 bridgehead atoms. The lowest BCUT2D eigenvalue weighted by atomic mass is 9.93. The van der Waals surface area contributed by atoms with Gasteiger partial charge in [0.25, 0.3) is 5.91 Å². The second kappa shape index (κ2) is 7.98. The monoisotopic (exact) mass is 438 g/mol. The smallest absolute Gasteiger partial charge is 0.399 e. The summed E-state index contributed by atoms with van der Waals surface area (Å²) in [5.41, 5.74) is 2.05. The number of aryl methyl sites for hydroxylation is 1. The van der Waals surface area contributed by atoms with Crippen LogP contribution in [0.1, 0.15) is 27.0 Å². The van der Waals surface area contributed by atoms with Crippen molar-refractivity contribution in [3.8, 4) is 11.1 Å². The van der Waals surface area contributed by atoms with Gasteiger partial charge in [0, 0.05) is 16.9 Å². The molecule has 1 amide bonds. The van der Waals surface area contributed by atoms with Gasteiger partial charge in [0.15, 0.2) is 0 Å². The zero-order valence-electron chi connectivity index (χ0n) is 16.0. The fourth-order valence-corrected chi connectivity index (χ4v) is 3.11. The predicted octanol–water partition coefficient (Wildman–Crippen LogP) is 6.53. The van der Waals surface area contributed by atoms with Crippen LogP contribution in [0, 0.1) is 6.92 Å². The van der Waals surface area contributed by atoms with E-state index in [0.717, 1.165) is 29.8 Å². The summed E-state index contributed by atoms with van der Waals surface area (Å²) in [4.78, 5) is 12.4. The zero-order chi connectivity index (χ0) is 23.0. The molecule has 0 aliphatic heterocycles. The van der Waals surface area contributed by atoms with Crippen molar-refractivity contribution in [1.29, 1.82) is 0 Å². The lowest BCUT2D eigenvalue weighted by Crippen LogP contribution is -2.15. The number of alkyl halides is 6. The topological polar surface area (TPSA) is 55.1 Å². The molecule has 0 atom stereocenters. The number of amides is 1. The summed E-state index contributed by atoms with van der Waals surface area (Å²) in [6.45, 7) is 1.75. The second-order valence-electron chi connectivity index (χ2n) is 6.88. The molecule has 3 nitrogen and oxygen atoms in total. The van der Waals surface area contributed by atoms with Crippen LogP contribution in [0.25, 0.3) is 11.1 Å². The molecule has 0 fully saturated rings. The second-order valence-corrected chi connectivity index (χ2v) is 6.88. The molecule has 0 saturated carbocycles. The minimum Gasteiger partial charge on any atom is -0.399 e. The van der Waals surface area contributed by atoms with Crippen molar-refractivity contribution in [2.24, 2.45) is 0 Å². The van der Waals surface area contributed by atoms with Crippen molar-refractivity contribution >= 4 is 17.3 Å². The average molecular weight is 438 g/mol. The first kappa shape index (κ1) is 22.2. The molecule has 3 aromatic carbocycles. The quantitative estimate of drug-likeness (QED) is 0.361. The average Bonchev–Trinajstić information content (AvgIpc) is 2.66. The first-order chi connectivity index (χ1) is 14.4. The Bertz CT molecular complexity index is 1140. The van der Waals surface area contributed by atoms with Gasteiger partial charge in [-0.15, -0.1) is 0 Å². The SMILES string of the molecule is Cc1cccc(C(=O)Nc2ccc(-c3ccc(N)cc3C(F)(F)F)c(C(F)(F)F)c2)c1. The molecule has 0 unspecified atom stereocenters. The van der Waals surface area contributed by atoms with Gasteiger partial charge in [-0.3, -0.25) is 4.79 Å².